The predicted molar refractivity (Wildman–Crippen MR) is 211 cm³/mol. The zero-order chi connectivity index (χ0) is 32.8. The minimum atomic E-state index is -0.408. The highest BCUT2D eigenvalue weighted by atomic mass is 32.2. The molecule has 0 amide bonds. The maximum absolute atomic E-state index is 2.53. The summed E-state index contributed by atoms with van der Waals surface area (Å²) in [6, 6.07) is 68.1. The van der Waals surface area contributed by atoms with Crippen LogP contribution in [0.4, 0.5) is 0 Å². The van der Waals surface area contributed by atoms with Gasteiger partial charge in [0.1, 0.15) is 0 Å². The molecule has 0 N–H and O–H groups in total. The molecule has 1 aliphatic heterocycles. The first-order chi connectivity index (χ1) is 24.8. The number of hydrogen-bond donors (Lipinski definition) is 0. The molecular formula is C49H30S. The molecule has 11 rings (SSSR count). The Morgan fingerprint density at radius 3 is 1.48 bits per heavy atom. The van der Waals surface area contributed by atoms with Crippen molar-refractivity contribution in [2.45, 2.75) is 15.2 Å². The molecule has 0 saturated heterocycles. The molecule has 0 fully saturated rings. The third kappa shape index (κ3) is 3.68. The maximum Gasteiger partial charge on any atom is 0.0735 e. The van der Waals surface area contributed by atoms with Crippen LogP contribution >= 0.6 is 11.8 Å². The van der Waals surface area contributed by atoms with E-state index in [-0.39, 0.29) is 0 Å². The van der Waals surface area contributed by atoms with E-state index in [1.54, 1.807) is 0 Å². The highest BCUT2D eigenvalue weighted by Gasteiger charge is 2.50. The molecule has 9 aromatic carbocycles. The van der Waals surface area contributed by atoms with Crippen LogP contribution in [0.1, 0.15) is 22.3 Å². The lowest BCUT2D eigenvalue weighted by atomic mass is 9.67. The van der Waals surface area contributed by atoms with Gasteiger partial charge in [-0.15, -0.1) is 0 Å². The molecule has 50 heavy (non-hydrogen) atoms. The summed E-state index contributed by atoms with van der Waals surface area (Å²) in [5.41, 5.74) is 12.8. The summed E-state index contributed by atoms with van der Waals surface area (Å²) in [7, 11) is 0. The normalized spacial score (nSPS) is 13.7. The Kier molecular flexibility index (Phi) is 5.91. The van der Waals surface area contributed by atoms with E-state index in [1.807, 2.05) is 11.8 Å². The second-order valence-corrected chi connectivity index (χ2v) is 14.6. The van der Waals surface area contributed by atoms with Crippen molar-refractivity contribution in [3.63, 3.8) is 0 Å². The van der Waals surface area contributed by atoms with Crippen molar-refractivity contribution in [2.24, 2.45) is 0 Å². The SMILES string of the molecule is c1ccc2c(c1)Sc1ccccc1C21c2ccccc2-c2ccc(-c3c4ccccc4c(-c4cccc5ccccc45)c4ccccc34)cc21. The molecule has 232 valence electrons. The van der Waals surface area contributed by atoms with E-state index in [0.717, 1.165) is 0 Å². The second-order valence-electron chi connectivity index (χ2n) is 13.5. The molecule has 0 saturated carbocycles. The summed E-state index contributed by atoms with van der Waals surface area (Å²) in [5.74, 6) is 0. The minimum absolute atomic E-state index is 0.408. The van der Waals surface area contributed by atoms with Crippen LogP contribution in [-0.2, 0) is 5.41 Å². The maximum atomic E-state index is 2.53. The van der Waals surface area contributed by atoms with Crippen LogP contribution in [0, 0.1) is 0 Å². The fourth-order valence-electron chi connectivity index (χ4n) is 9.18. The van der Waals surface area contributed by atoms with Crippen molar-refractivity contribution in [1.29, 1.82) is 0 Å². The number of fused-ring (bicyclic) bond motifs is 12. The molecule has 0 radical (unpaired) electrons. The summed E-state index contributed by atoms with van der Waals surface area (Å²) in [5, 5.41) is 7.65. The lowest BCUT2D eigenvalue weighted by Gasteiger charge is -2.39. The van der Waals surface area contributed by atoms with Gasteiger partial charge in [0, 0.05) is 9.79 Å². The molecule has 1 heterocycles. The summed E-state index contributed by atoms with van der Waals surface area (Å²) in [6.45, 7) is 0. The smallest absolute Gasteiger partial charge is 0.0735 e. The molecule has 1 aliphatic carbocycles. The Hall–Kier alpha value is -5.89. The molecular weight excluding hydrogens is 621 g/mol. The van der Waals surface area contributed by atoms with Gasteiger partial charge in [0.2, 0.25) is 0 Å². The minimum Gasteiger partial charge on any atom is -0.0894 e. The molecule has 0 atom stereocenters. The average molecular weight is 651 g/mol. The third-order valence-corrected chi connectivity index (χ3v) is 12.3. The molecule has 0 aromatic heterocycles. The van der Waals surface area contributed by atoms with E-state index in [9.17, 15) is 0 Å². The van der Waals surface area contributed by atoms with E-state index >= 15 is 0 Å². The molecule has 1 spiro atoms. The molecule has 9 aromatic rings. The van der Waals surface area contributed by atoms with Gasteiger partial charge in [-0.3, -0.25) is 0 Å². The lowest BCUT2D eigenvalue weighted by Crippen LogP contribution is -2.31. The van der Waals surface area contributed by atoms with Crippen LogP contribution in [-0.4, -0.2) is 0 Å². The Balaban J connectivity index is 1.26. The lowest BCUT2D eigenvalue weighted by molar-refractivity contribution is 0.722. The second kappa shape index (κ2) is 10.6. The van der Waals surface area contributed by atoms with Crippen molar-refractivity contribution < 1.29 is 0 Å². The van der Waals surface area contributed by atoms with Gasteiger partial charge in [0.05, 0.1) is 5.41 Å². The van der Waals surface area contributed by atoms with Crippen molar-refractivity contribution in [1.82, 2.24) is 0 Å². The Bertz CT molecular complexity index is 2750. The van der Waals surface area contributed by atoms with Crippen molar-refractivity contribution in [3.8, 4) is 33.4 Å². The summed E-state index contributed by atoms with van der Waals surface area (Å²) >= 11 is 1.90. The van der Waals surface area contributed by atoms with Crippen LogP contribution in [0.3, 0.4) is 0 Å². The van der Waals surface area contributed by atoms with E-state index < -0.39 is 5.41 Å². The number of rotatable bonds is 2. The largest absolute Gasteiger partial charge is 0.0894 e. The van der Waals surface area contributed by atoms with Crippen LogP contribution in [0.25, 0.3) is 65.7 Å². The standard InChI is InChI=1S/C49H30S/c1-2-16-33-31(14-1)15-13-22-36(33)48-39-20-5-3-18-37(39)47(38-19-4-6-21-40(38)48)32-28-29-35-34-17-7-8-23-41(34)49(44(35)30-32)42-24-9-11-26-45(42)50-46-27-12-10-25-43(46)49/h1-30H. The highest BCUT2D eigenvalue weighted by Crippen LogP contribution is 2.62. The average Bonchev–Trinajstić information content (AvgIpc) is 3.47. The third-order valence-electron chi connectivity index (χ3n) is 11.1. The highest BCUT2D eigenvalue weighted by molar-refractivity contribution is 7.99. The van der Waals surface area contributed by atoms with E-state index in [4.69, 9.17) is 0 Å². The van der Waals surface area contributed by atoms with Crippen molar-refractivity contribution in [2.75, 3.05) is 0 Å². The fourth-order valence-corrected chi connectivity index (χ4v) is 10.4. The van der Waals surface area contributed by atoms with Gasteiger partial charge in [-0.25, -0.2) is 0 Å². The molecule has 0 unspecified atom stereocenters. The van der Waals surface area contributed by atoms with Crippen molar-refractivity contribution >= 4 is 44.1 Å². The van der Waals surface area contributed by atoms with Gasteiger partial charge in [-0.2, -0.15) is 0 Å². The Labute approximate surface area is 295 Å². The van der Waals surface area contributed by atoms with Gasteiger partial charge in [0.15, 0.2) is 0 Å². The number of hydrogen-bond acceptors (Lipinski definition) is 1. The van der Waals surface area contributed by atoms with Gasteiger partial charge < -0.3 is 0 Å². The van der Waals surface area contributed by atoms with Crippen LogP contribution in [0.2, 0.25) is 0 Å². The molecule has 2 aliphatic rings. The van der Waals surface area contributed by atoms with Crippen LogP contribution < -0.4 is 0 Å². The molecule has 0 nitrogen and oxygen atoms in total. The quantitative estimate of drug-likeness (QED) is 0.168. The zero-order valence-electron chi connectivity index (χ0n) is 27.2. The van der Waals surface area contributed by atoms with E-state index in [2.05, 4.69) is 182 Å². The van der Waals surface area contributed by atoms with Crippen molar-refractivity contribution in [3.05, 3.63) is 204 Å². The molecule has 0 bridgehead atoms. The fraction of sp³-hybridized carbons (Fsp3) is 0.0204. The predicted octanol–water partition coefficient (Wildman–Crippen LogP) is 13.3. The zero-order valence-corrected chi connectivity index (χ0v) is 28.0. The topological polar surface area (TPSA) is 0 Å². The van der Waals surface area contributed by atoms with Crippen LogP contribution in [0.15, 0.2) is 192 Å². The Morgan fingerprint density at radius 2 is 0.800 bits per heavy atom. The summed E-state index contributed by atoms with van der Waals surface area (Å²) in [6.07, 6.45) is 0. The van der Waals surface area contributed by atoms with Gasteiger partial charge in [-0.1, -0.05) is 176 Å². The summed E-state index contributed by atoms with van der Waals surface area (Å²) in [4.78, 5) is 2.66. The van der Waals surface area contributed by atoms with E-state index in [1.165, 1.54) is 97.7 Å². The Morgan fingerprint density at radius 1 is 0.320 bits per heavy atom. The molecule has 1 heteroatoms. The monoisotopic (exact) mass is 650 g/mol. The number of benzene rings is 9. The first kappa shape index (κ1) is 28.0. The van der Waals surface area contributed by atoms with Gasteiger partial charge in [-0.05, 0) is 106 Å². The van der Waals surface area contributed by atoms with E-state index in [0.29, 0.717) is 0 Å². The van der Waals surface area contributed by atoms with Gasteiger partial charge >= 0.3 is 0 Å². The van der Waals surface area contributed by atoms with Gasteiger partial charge in [0.25, 0.3) is 0 Å². The first-order valence-corrected chi connectivity index (χ1v) is 18.2. The first-order valence-electron chi connectivity index (χ1n) is 17.4. The summed E-state index contributed by atoms with van der Waals surface area (Å²) < 4.78 is 0. The van der Waals surface area contributed by atoms with Crippen LogP contribution in [0.5, 0.6) is 0 Å².